The number of carbonyl (C=O) groups is 1. The summed E-state index contributed by atoms with van der Waals surface area (Å²) in [5.41, 5.74) is 2.13. The number of benzene rings is 2. The molecule has 0 aliphatic heterocycles. The lowest BCUT2D eigenvalue weighted by Crippen LogP contribution is -2.45. The number of sulfonamides is 1. The van der Waals surface area contributed by atoms with Crippen molar-refractivity contribution in [2.75, 3.05) is 15.9 Å². The van der Waals surface area contributed by atoms with Crippen LogP contribution in [0.5, 0.6) is 0 Å². The maximum atomic E-state index is 12.8. The second-order valence-corrected chi connectivity index (χ2v) is 9.76. The Hall–Kier alpha value is -2.49. The zero-order valence-corrected chi connectivity index (χ0v) is 18.3. The molecule has 29 heavy (non-hydrogen) atoms. The van der Waals surface area contributed by atoms with Crippen molar-refractivity contribution in [1.82, 2.24) is 10.2 Å². The molecule has 0 radical (unpaired) electrons. The number of nitrogens with one attached hydrogen (secondary N) is 1. The van der Waals surface area contributed by atoms with Gasteiger partial charge >= 0.3 is 0 Å². The van der Waals surface area contributed by atoms with Gasteiger partial charge in [0.05, 0.1) is 11.9 Å². The van der Waals surface area contributed by atoms with Gasteiger partial charge in [-0.15, -0.1) is 10.2 Å². The van der Waals surface area contributed by atoms with Gasteiger partial charge in [0.2, 0.25) is 21.1 Å². The summed E-state index contributed by atoms with van der Waals surface area (Å²) in [4.78, 5) is 12.8. The third kappa shape index (κ3) is 5.11. The van der Waals surface area contributed by atoms with Crippen LogP contribution in [0.15, 0.2) is 48.5 Å². The van der Waals surface area contributed by atoms with Crippen LogP contribution in [0.1, 0.15) is 12.5 Å². The summed E-state index contributed by atoms with van der Waals surface area (Å²) in [6.45, 7) is 3.38. The lowest BCUT2D eigenvalue weighted by Gasteiger charge is -2.28. The predicted molar refractivity (Wildman–Crippen MR) is 117 cm³/mol. The van der Waals surface area contributed by atoms with Gasteiger partial charge in [-0.3, -0.25) is 14.4 Å². The quantitative estimate of drug-likeness (QED) is 0.613. The Morgan fingerprint density at radius 1 is 1.17 bits per heavy atom. The van der Waals surface area contributed by atoms with Crippen molar-refractivity contribution >= 4 is 49.7 Å². The minimum Gasteiger partial charge on any atom is -0.299 e. The van der Waals surface area contributed by atoms with Crippen molar-refractivity contribution in [3.8, 4) is 10.6 Å². The van der Waals surface area contributed by atoms with Crippen LogP contribution in [-0.4, -0.2) is 36.8 Å². The first kappa shape index (κ1) is 21.2. The fourth-order valence-corrected chi connectivity index (χ4v) is 4.81. The highest BCUT2D eigenvalue weighted by Gasteiger charge is 2.29. The van der Waals surface area contributed by atoms with Gasteiger partial charge in [-0.2, -0.15) is 0 Å². The second-order valence-electron chi connectivity index (χ2n) is 6.48. The third-order valence-electron chi connectivity index (χ3n) is 4.09. The molecule has 152 valence electrons. The van der Waals surface area contributed by atoms with Gasteiger partial charge in [-0.1, -0.05) is 47.2 Å². The molecule has 1 amide bonds. The van der Waals surface area contributed by atoms with Gasteiger partial charge in [-0.25, -0.2) is 8.42 Å². The zero-order chi connectivity index (χ0) is 21.2. The summed E-state index contributed by atoms with van der Waals surface area (Å²) in [5, 5.41) is 12.2. The first-order chi connectivity index (χ1) is 13.6. The van der Waals surface area contributed by atoms with Crippen LogP contribution >= 0.6 is 22.9 Å². The average Bonchev–Trinajstić information content (AvgIpc) is 3.09. The molecule has 2 aromatic carbocycles. The van der Waals surface area contributed by atoms with Crippen LogP contribution in [0.3, 0.4) is 0 Å². The minimum absolute atomic E-state index is 0.282. The number of aryl methyl sites for hydroxylation is 1. The molecule has 0 aliphatic carbocycles. The molecule has 0 fully saturated rings. The van der Waals surface area contributed by atoms with E-state index in [-0.39, 0.29) is 5.13 Å². The van der Waals surface area contributed by atoms with E-state index >= 15 is 0 Å². The molecule has 1 heterocycles. The summed E-state index contributed by atoms with van der Waals surface area (Å²) in [7, 11) is -3.69. The monoisotopic (exact) mass is 450 g/mol. The number of carbonyl (C=O) groups excluding carboxylic acids is 1. The number of aromatic nitrogens is 2. The topological polar surface area (TPSA) is 92.3 Å². The molecule has 10 heteroatoms. The van der Waals surface area contributed by atoms with E-state index in [1.165, 1.54) is 18.3 Å². The van der Waals surface area contributed by atoms with E-state index in [4.69, 9.17) is 11.6 Å². The van der Waals surface area contributed by atoms with E-state index < -0.39 is 22.0 Å². The maximum absolute atomic E-state index is 12.8. The SMILES string of the molecule is Cc1cccc(N([C@@H](C)C(=O)Nc2nnc(-c3ccc(Cl)cc3)s2)S(C)(=O)=O)c1. The molecule has 3 aromatic rings. The van der Waals surface area contributed by atoms with Crippen molar-refractivity contribution in [2.24, 2.45) is 0 Å². The molecular weight excluding hydrogens is 432 g/mol. The highest BCUT2D eigenvalue weighted by atomic mass is 35.5. The first-order valence-electron chi connectivity index (χ1n) is 8.61. The molecule has 0 aliphatic rings. The summed E-state index contributed by atoms with van der Waals surface area (Å²) in [5.74, 6) is -0.504. The van der Waals surface area contributed by atoms with Crippen molar-refractivity contribution in [2.45, 2.75) is 19.9 Å². The van der Waals surface area contributed by atoms with Crippen LogP contribution in [-0.2, 0) is 14.8 Å². The Morgan fingerprint density at radius 2 is 1.86 bits per heavy atom. The summed E-state index contributed by atoms with van der Waals surface area (Å²) < 4.78 is 25.8. The van der Waals surface area contributed by atoms with E-state index in [1.54, 1.807) is 42.5 Å². The predicted octanol–water partition coefficient (Wildman–Crippen LogP) is 3.96. The number of hydrogen-bond donors (Lipinski definition) is 1. The Balaban J connectivity index is 1.81. The van der Waals surface area contributed by atoms with Crippen molar-refractivity contribution in [3.05, 3.63) is 59.1 Å². The minimum atomic E-state index is -3.69. The molecule has 0 unspecified atom stereocenters. The number of anilines is 2. The van der Waals surface area contributed by atoms with E-state index in [9.17, 15) is 13.2 Å². The Morgan fingerprint density at radius 3 is 2.48 bits per heavy atom. The Labute approximate surface area is 178 Å². The molecule has 0 spiro atoms. The lowest BCUT2D eigenvalue weighted by molar-refractivity contribution is -0.116. The van der Waals surface area contributed by atoms with Crippen LogP contribution in [0.2, 0.25) is 5.02 Å². The first-order valence-corrected chi connectivity index (χ1v) is 11.7. The Bertz CT molecular complexity index is 1130. The molecule has 0 saturated carbocycles. The van der Waals surface area contributed by atoms with Crippen LogP contribution in [0.4, 0.5) is 10.8 Å². The molecule has 7 nitrogen and oxygen atoms in total. The van der Waals surface area contributed by atoms with E-state index in [0.29, 0.717) is 15.7 Å². The number of halogens is 1. The zero-order valence-electron chi connectivity index (χ0n) is 16.0. The van der Waals surface area contributed by atoms with Gasteiger partial charge < -0.3 is 0 Å². The fourth-order valence-electron chi connectivity index (χ4n) is 2.77. The Kier molecular flexibility index (Phi) is 6.21. The average molecular weight is 451 g/mol. The molecule has 3 rings (SSSR count). The molecular formula is C19H19ClN4O3S2. The number of rotatable bonds is 6. The fraction of sp³-hybridized carbons (Fsp3) is 0.211. The standard InChI is InChI=1S/C19H19ClN4O3S2/c1-12-5-4-6-16(11-12)24(29(3,26)27)13(2)17(25)21-19-23-22-18(28-19)14-7-9-15(20)10-8-14/h4-11,13H,1-3H3,(H,21,23,25)/t13-/m0/s1. The van der Waals surface area contributed by atoms with E-state index in [0.717, 1.165) is 21.7 Å². The van der Waals surface area contributed by atoms with Crippen molar-refractivity contribution in [3.63, 3.8) is 0 Å². The van der Waals surface area contributed by atoms with Crippen molar-refractivity contribution in [1.29, 1.82) is 0 Å². The van der Waals surface area contributed by atoms with Gasteiger partial charge in [-0.05, 0) is 43.7 Å². The highest BCUT2D eigenvalue weighted by molar-refractivity contribution is 7.92. The molecule has 0 bridgehead atoms. The van der Waals surface area contributed by atoms with Crippen LogP contribution in [0, 0.1) is 6.92 Å². The molecule has 0 saturated heterocycles. The number of amides is 1. The smallest absolute Gasteiger partial charge is 0.249 e. The van der Waals surface area contributed by atoms with Gasteiger partial charge in [0.1, 0.15) is 11.0 Å². The summed E-state index contributed by atoms with van der Waals surface area (Å²) in [6.07, 6.45) is 1.07. The van der Waals surface area contributed by atoms with Gasteiger partial charge in [0.15, 0.2) is 0 Å². The number of nitrogens with zero attached hydrogens (tertiary/aromatic N) is 3. The highest BCUT2D eigenvalue weighted by Crippen LogP contribution is 2.28. The maximum Gasteiger partial charge on any atom is 0.249 e. The van der Waals surface area contributed by atoms with E-state index in [1.807, 2.05) is 13.0 Å². The largest absolute Gasteiger partial charge is 0.299 e. The lowest BCUT2D eigenvalue weighted by atomic mass is 10.2. The van der Waals surface area contributed by atoms with Gasteiger partial charge in [0.25, 0.3) is 0 Å². The normalized spacial score (nSPS) is 12.4. The third-order valence-corrected chi connectivity index (χ3v) is 6.47. The number of hydrogen-bond acceptors (Lipinski definition) is 6. The summed E-state index contributed by atoms with van der Waals surface area (Å²) in [6, 6.07) is 13.1. The van der Waals surface area contributed by atoms with Gasteiger partial charge in [0, 0.05) is 10.6 Å². The summed E-state index contributed by atoms with van der Waals surface area (Å²) >= 11 is 7.08. The van der Waals surface area contributed by atoms with E-state index in [2.05, 4.69) is 15.5 Å². The molecule has 1 aromatic heterocycles. The van der Waals surface area contributed by atoms with Crippen molar-refractivity contribution < 1.29 is 13.2 Å². The van der Waals surface area contributed by atoms with Crippen LogP contribution < -0.4 is 9.62 Å². The second kappa shape index (κ2) is 8.48. The van der Waals surface area contributed by atoms with Crippen LogP contribution in [0.25, 0.3) is 10.6 Å². The molecule has 1 atom stereocenters. The molecule has 1 N–H and O–H groups in total.